The molecule has 0 radical (unpaired) electrons. The standard InChI is InChI=1S/C18H23N7O2/c1-4-18(11-19)6-8-24(15(18)27)14-5-7-20-16(23-14)22-13-9-21-25(10-13)17(2,3)12-26/h5,7,9-10,26H,4,6,8,12H2,1-3H3,(H,20,22,23)/t18-/m1/s1. The van der Waals surface area contributed by atoms with Crippen LogP contribution in [0.3, 0.4) is 0 Å². The Balaban J connectivity index is 1.80. The normalized spacial score (nSPS) is 20.0. The average molecular weight is 369 g/mol. The lowest BCUT2D eigenvalue weighted by Crippen LogP contribution is -2.33. The number of aromatic nitrogens is 4. The number of nitriles is 1. The van der Waals surface area contributed by atoms with Gasteiger partial charge in [-0.15, -0.1) is 0 Å². The molecule has 2 N–H and O–H groups in total. The van der Waals surface area contributed by atoms with Gasteiger partial charge in [-0.1, -0.05) is 6.92 Å². The van der Waals surface area contributed by atoms with Crippen molar-refractivity contribution >= 4 is 23.4 Å². The maximum atomic E-state index is 12.7. The van der Waals surface area contributed by atoms with Gasteiger partial charge >= 0.3 is 0 Å². The smallest absolute Gasteiger partial charge is 0.248 e. The largest absolute Gasteiger partial charge is 0.394 e. The molecule has 0 spiro atoms. The number of hydrogen-bond acceptors (Lipinski definition) is 7. The number of rotatable bonds is 6. The van der Waals surface area contributed by atoms with E-state index in [-0.39, 0.29) is 12.5 Å². The first-order valence-corrected chi connectivity index (χ1v) is 8.84. The molecule has 27 heavy (non-hydrogen) atoms. The van der Waals surface area contributed by atoms with E-state index in [1.54, 1.807) is 29.3 Å². The predicted molar refractivity (Wildman–Crippen MR) is 99.3 cm³/mol. The lowest BCUT2D eigenvalue weighted by atomic mass is 9.85. The lowest BCUT2D eigenvalue weighted by Gasteiger charge is -2.22. The Labute approximate surface area is 157 Å². The summed E-state index contributed by atoms with van der Waals surface area (Å²) in [4.78, 5) is 22.8. The Bertz CT molecular complexity index is 886. The molecule has 3 heterocycles. The van der Waals surface area contributed by atoms with Crippen LogP contribution in [0.5, 0.6) is 0 Å². The fourth-order valence-corrected chi connectivity index (χ4v) is 2.98. The number of hydrogen-bond donors (Lipinski definition) is 2. The van der Waals surface area contributed by atoms with Gasteiger partial charge in [-0.25, -0.2) is 4.98 Å². The van der Waals surface area contributed by atoms with Crippen molar-refractivity contribution in [3.8, 4) is 6.07 Å². The van der Waals surface area contributed by atoms with E-state index in [9.17, 15) is 15.2 Å². The highest BCUT2D eigenvalue weighted by Crippen LogP contribution is 2.36. The van der Waals surface area contributed by atoms with Crippen molar-refractivity contribution in [3.05, 3.63) is 24.7 Å². The van der Waals surface area contributed by atoms with E-state index in [2.05, 4.69) is 26.5 Å². The van der Waals surface area contributed by atoms with E-state index in [0.717, 1.165) is 0 Å². The van der Waals surface area contributed by atoms with Gasteiger partial charge in [-0.2, -0.15) is 15.3 Å². The van der Waals surface area contributed by atoms with Crippen LogP contribution in [-0.2, 0) is 10.3 Å². The Hall–Kier alpha value is -2.99. The fraction of sp³-hybridized carbons (Fsp3) is 0.500. The Morgan fingerprint density at radius 3 is 2.89 bits per heavy atom. The molecule has 2 aromatic heterocycles. The van der Waals surface area contributed by atoms with Gasteiger partial charge in [0.15, 0.2) is 0 Å². The number of nitrogens with one attached hydrogen (secondary N) is 1. The number of amides is 1. The van der Waals surface area contributed by atoms with Crippen LogP contribution < -0.4 is 10.2 Å². The molecule has 1 aliphatic heterocycles. The average Bonchev–Trinajstić information content (AvgIpc) is 3.27. The van der Waals surface area contributed by atoms with E-state index in [1.165, 1.54) is 4.90 Å². The van der Waals surface area contributed by atoms with E-state index < -0.39 is 11.0 Å². The van der Waals surface area contributed by atoms with Crippen molar-refractivity contribution in [2.75, 3.05) is 23.4 Å². The highest BCUT2D eigenvalue weighted by Gasteiger charge is 2.46. The zero-order valence-electron chi connectivity index (χ0n) is 15.7. The Morgan fingerprint density at radius 1 is 1.48 bits per heavy atom. The van der Waals surface area contributed by atoms with E-state index in [1.807, 2.05) is 20.8 Å². The molecule has 0 unspecified atom stereocenters. The van der Waals surface area contributed by atoms with Gasteiger partial charge in [-0.3, -0.25) is 14.4 Å². The molecule has 1 fully saturated rings. The number of carbonyl (C=O) groups is 1. The zero-order chi connectivity index (χ0) is 19.7. The van der Waals surface area contributed by atoms with Crippen molar-refractivity contribution in [3.63, 3.8) is 0 Å². The molecular formula is C18H23N7O2. The topological polar surface area (TPSA) is 120 Å². The first-order chi connectivity index (χ1) is 12.8. The van der Waals surface area contributed by atoms with Gasteiger partial charge in [0, 0.05) is 18.9 Å². The maximum absolute atomic E-state index is 12.7. The van der Waals surface area contributed by atoms with E-state index in [4.69, 9.17) is 0 Å². The molecule has 1 atom stereocenters. The second-order valence-electron chi connectivity index (χ2n) is 7.26. The molecule has 0 saturated carbocycles. The van der Waals surface area contributed by atoms with Gasteiger partial charge < -0.3 is 10.4 Å². The van der Waals surface area contributed by atoms with Crippen molar-refractivity contribution in [2.45, 2.75) is 39.2 Å². The highest BCUT2D eigenvalue weighted by atomic mass is 16.3. The summed E-state index contributed by atoms with van der Waals surface area (Å²) in [6.07, 6.45) is 5.92. The molecule has 3 rings (SSSR count). The summed E-state index contributed by atoms with van der Waals surface area (Å²) in [7, 11) is 0. The van der Waals surface area contributed by atoms with Crippen LogP contribution in [0.1, 0.15) is 33.6 Å². The summed E-state index contributed by atoms with van der Waals surface area (Å²) in [5, 5.41) is 26.2. The minimum absolute atomic E-state index is 0.0464. The number of aliphatic hydroxyl groups is 1. The predicted octanol–water partition coefficient (Wildman–Crippen LogP) is 1.80. The molecule has 0 aromatic carbocycles. The fourth-order valence-electron chi connectivity index (χ4n) is 2.98. The van der Waals surface area contributed by atoms with Crippen molar-refractivity contribution in [1.29, 1.82) is 5.26 Å². The summed E-state index contributed by atoms with van der Waals surface area (Å²) in [6, 6.07) is 3.83. The van der Waals surface area contributed by atoms with Crippen molar-refractivity contribution in [2.24, 2.45) is 5.41 Å². The number of anilines is 3. The molecule has 2 aromatic rings. The molecule has 1 aliphatic rings. The maximum Gasteiger partial charge on any atom is 0.248 e. The molecule has 1 saturated heterocycles. The van der Waals surface area contributed by atoms with Crippen LogP contribution in [0.15, 0.2) is 24.7 Å². The summed E-state index contributed by atoms with van der Waals surface area (Å²) in [5.74, 6) is 0.577. The van der Waals surface area contributed by atoms with Gasteiger partial charge in [0.25, 0.3) is 0 Å². The number of carbonyl (C=O) groups excluding carboxylic acids is 1. The first-order valence-electron chi connectivity index (χ1n) is 8.84. The minimum Gasteiger partial charge on any atom is -0.394 e. The molecule has 142 valence electrons. The third kappa shape index (κ3) is 3.36. The van der Waals surface area contributed by atoms with Crippen LogP contribution in [0.4, 0.5) is 17.5 Å². The summed E-state index contributed by atoms with van der Waals surface area (Å²) in [5.41, 5.74) is -0.817. The number of nitrogens with zero attached hydrogens (tertiary/aromatic N) is 6. The van der Waals surface area contributed by atoms with Crippen molar-refractivity contribution < 1.29 is 9.90 Å². The van der Waals surface area contributed by atoms with Crippen molar-refractivity contribution in [1.82, 2.24) is 19.7 Å². The van der Waals surface area contributed by atoms with Crippen LogP contribution in [0, 0.1) is 16.7 Å². The van der Waals surface area contributed by atoms with Gasteiger partial charge in [0.05, 0.1) is 30.1 Å². The molecule has 0 bridgehead atoms. The van der Waals surface area contributed by atoms with Crippen LogP contribution in [0.2, 0.25) is 0 Å². The molecule has 0 aliphatic carbocycles. The summed E-state index contributed by atoms with van der Waals surface area (Å²) < 4.78 is 1.66. The quantitative estimate of drug-likeness (QED) is 0.796. The first kappa shape index (κ1) is 18.8. The van der Waals surface area contributed by atoms with Crippen LogP contribution >= 0.6 is 0 Å². The number of aliphatic hydroxyl groups excluding tert-OH is 1. The zero-order valence-corrected chi connectivity index (χ0v) is 15.7. The summed E-state index contributed by atoms with van der Waals surface area (Å²) in [6.45, 7) is 6.00. The molecule has 9 heteroatoms. The minimum atomic E-state index is -0.963. The SMILES string of the molecule is CC[C@]1(C#N)CCN(c2ccnc(Nc3cnn(C(C)(C)CO)c3)n2)C1=O. The lowest BCUT2D eigenvalue weighted by molar-refractivity contribution is -0.123. The van der Waals surface area contributed by atoms with E-state index >= 15 is 0 Å². The van der Waals surface area contributed by atoms with Crippen LogP contribution in [0.25, 0.3) is 0 Å². The monoisotopic (exact) mass is 369 g/mol. The second-order valence-corrected chi connectivity index (χ2v) is 7.26. The Kier molecular flexibility index (Phi) is 4.85. The third-order valence-electron chi connectivity index (χ3n) is 5.00. The van der Waals surface area contributed by atoms with Crippen LogP contribution in [-0.4, -0.2) is 43.9 Å². The highest BCUT2D eigenvalue weighted by molar-refractivity contribution is 6.01. The van der Waals surface area contributed by atoms with Gasteiger partial charge in [0.1, 0.15) is 11.2 Å². The molecule has 1 amide bonds. The second kappa shape index (κ2) is 6.96. The molecular weight excluding hydrogens is 346 g/mol. The Morgan fingerprint density at radius 2 is 2.26 bits per heavy atom. The van der Waals surface area contributed by atoms with Gasteiger partial charge in [0.2, 0.25) is 11.9 Å². The van der Waals surface area contributed by atoms with Gasteiger partial charge in [-0.05, 0) is 32.8 Å². The summed E-state index contributed by atoms with van der Waals surface area (Å²) >= 11 is 0. The van der Waals surface area contributed by atoms with E-state index in [0.29, 0.717) is 36.8 Å². The third-order valence-corrected chi connectivity index (χ3v) is 5.00. The molecule has 9 nitrogen and oxygen atoms in total.